The number of rotatable bonds is 5. The lowest BCUT2D eigenvalue weighted by Crippen LogP contribution is -2.13. The lowest BCUT2D eigenvalue weighted by Gasteiger charge is -2.06. The van der Waals surface area contributed by atoms with Gasteiger partial charge in [0.2, 0.25) is 5.91 Å². The Morgan fingerprint density at radius 1 is 1.35 bits per heavy atom. The van der Waals surface area contributed by atoms with E-state index in [1.807, 2.05) is 24.3 Å². The van der Waals surface area contributed by atoms with E-state index in [9.17, 15) is 9.59 Å². The standard InChI is InChI=1S/C14H14ClNO3S/c1-19-14(18)13-12(16-11(17)7-4-8-15)9-5-2-3-6-10(9)20-13/h2-3,5-6H,4,7-8H2,1H3,(H,16,17). The highest BCUT2D eigenvalue weighted by molar-refractivity contribution is 7.21. The molecule has 2 aromatic rings. The smallest absolute Gasteiger partial charge is 0.350 e. The Labute approximate surface area is 125 Å². The Morgan fingerprint density at radius 3 is 2.80 bits per heavy atom. The summed E-state index contributed by atoms with van der Waals surface area (Å²) in [6, 6.07) is 7.53. The molecule has 0 aliphatic heterocycles. The van der Waals surface area contributed by atoms with E-state index >= 15 is 0 Å². The van der Waals surface area contributed by atoms with Gasteiger partial charge in [-0.2, -0.15) is 0 Å². The van der Waals surface area contributed by atoms with Crippen molar-refractivity contribution in [2.45, 2.75) is 12.8 Å². The van der Waals surface area contributed by atoms with Gasteiger partial charge in [-0.25, -0.2) is 4.79 Å². The maximum absolute atomic E-state index is 11.9. The zero-order valence-electron chi connectivity index (χ0n) is 10.9. The fourth-order valence-corrected chi connectivity index (χ4v) is 3.05. The van der Waals surface area contributed by atoms with Gasteiger partial charge < -0.3 is 10.1 Å². The molecule has 0 aliphatic rings. The second-order valence-electron chi connectivity index (χ2n) is 4.13. The van der Waals surface area contributed by atoms with Gasteiger partial charge in [-0.05, 0) is 12.5 Å². The number of esters is 1. The summed E-state index contributed by atoms with van der Waals surface area (Å²) in [6.45, 7) is 0. The van der Waals surface area contributed by atoms with Crippen LogP contribution in [0.2, 0.25) is 0 Å². The fraction of sp³-hybridized carbons (Fsp3) is 0.286. The number of fused-ring (bicyclic) bond motifs is 1. The summed E-state index contributed by atoms with van der Waals surface area (Å²) >= 11 is 6.88. The molecule has 6 heteroatoms. The Morgan fingerprint density at radius 2 is 2.10 bits per heavy atom. The molecule has 0 spiro atoms. The first-order chi connectivity index (χ1) is 9.67. The van der Waals surface area contributed by atoms with Gasteiger partial charge in [0, 0.05) is 22.4 Å². The van der Waals surface area contributed by atoms with Crippen molar-refractivity contribution >= 4 is 50.6 Å². The molecule has 0 aliphatic carbocycles. The van der Waals surface area contributed by atoms with E-state index < -0.39 is 5.97 Å². The number of hydrogen-bond donors (Lipinski definition) is 1. The zero-order chi connectivity index (χ0) is 14.5. The number of methoxy groups -OCH3 is 1. The molecule has 1 heterocycles. The van der Waals surface area contributed by atoms with Crippen LogP contribution in [0.3, 0.4) is 0 Å². The van der Waals surface area contributed by atoms with Crippen LogP contribution in [0.1, 0.15) is 22.5 Å². The molecule has 0 unspecified atom stereocenters. The molecule has 1 aromatic carbocycles. The van der Waals surface area contributed by atoms with Gasteiger partial charge in [-0.15, -0.1) is 22.9 Å². The van der Waals surface area contributed by atoms with Crippen molar-refractivity contribution in [1.29, 1.82) is 0 Å². The molecule has 0 saturated carbocycles. The zero-order valence-corrected chi connectivity index (χ0v) is 12.5. The lowest BCUT2D eigenvalue weighted by atomic mass is 10.2. The van der Waals surface area contributed by atoms with Crippen molar-refractivity contribution in [1.82, 2.24) is 0 Å². The number of benzene rings is 1. The lowest BCUT2D eigenvalue weighted by molar-refractivity contribution is -0.116. The van der Waals surface area contributed by atoms with E-state index in [4.69, 9.17) is 16.3 Å². The number of halogens is 1. The summed E-state index contributed by atoms with van der Waals surface area (Å²) in [4.78, 5) is 24.1. The Balaban J connectivity index is 2.38. The number of anilines is 1. The number of amides is 1. The van der Waals surface area contributed by atoms with Gasteiger partial charge in [0.25, 0.3) is 0 Å². The van der Waals surface area contributed by atoms with Crippen LogP contribution in [0.15, 0.2) is 24.3 Å². The third-order valence-electron chi connectivity index (χ3n) is 2.77. The van der Waals surface area contributed by atoms with Crippen molar-refractivity contribution in [3.05, 3.63) is 29.1 Å². The van der Waals surface area contributed by atoms with Crippen LogP contribution >= 0.6 is 22.9 Å². The molecule has 0 fully saturated rings. The van der Waals surface area contributed by atoms with Crippen LogP contribution in [0.4, 0.5) is 5.69 Å². The van der Waals surface area contributed by atoms with Crippen LogP contribution in [-0.4, -0.2) is 24.9 Å². The predicted octanol–water partition coefficient (Wildman–Crippen LogP) is 3.65. The Hall–Kier alpha value is -1.59. The molecule has 2 rings (SSSR count). The van der Waals surface area contributed by atoms with Gasteiger partial charge >= 0.3 is 5.97 Å². The van der Waals surface area contributed by atoms with E-state index in [2.05, 4.69) is 5.32 Å². The minimum Gasteiger partial charge on any atom is -0.465 e. The summed E-state index contributed by atoms with van der Waals surface area (Å²) in [5.41, 5.74) is 0.525. The van der Waals surface area contributed by atoms with E-state index in [1.165, 1.54) is 18.4 Å². The van der Waals surface area contributed by atoms with E-state index in [-0.39, 0.29) is 5.91 Å². The molecule has 20 heavy (non-hydrogen) atoms. The second-order valence-corrected chi connectivity index (χ2v) is 5.56. The van der Waals surface area contributed by atoms with Gasteiger partial charge in [0.15, 0.2) is 0 Å². The third kappa shape index (κ3) is 3.11. The van der Waals surface area contributed by atoms with Crippen LogP contribution < -0.4 is 5.32 Å². The summed E-state index contributed by atoms with van der Waals surface area (Å²) in [6.07, 6.45) is 0.928. The quantitative estimate of drug-likeness (QED) is 0.677. The number of nitrogens with one attached hydrogen (secondary N) is 1. The monoisotopic (exact) mass is 311 g/mol. The minimum absolute atomic E-state index is 0.153. The van der Waals surface area contributed by atoms with Crippen molar-refractivity contribution in [2.75, 3.05) is 18.3 Å². The Bertz CT molecular complexity index is 638. The van der Waals surface area contributed by atoms with E-state index in [0.717, 1.165) is 10.1 Å². The Kier molecular flexibility index (Phi) is 4.98. The first-order valence-corrected chi connectivity index (χ1v) is 7.48. The molecule has 106 valence electrons. The number of thiophene rings is 1. The van der Waals surface area contributed by atoms with Gasteiger partial charge in [-0.3, -0.25) is 4.79 Å². The summed E-state index contributed by atoms with van der Waals surface area (Å²) < 4.78 is 5.70. The molecule has 1 aromatic heterocycles. The normalized spacial score (nSPS) is 10.5. The number of alkyl halides is 1. The van der Waals surface area contributed by atoms with Crippen LogP contribution in [0, 0.1) is 0 Å². The van der Waals surface area contributed by atoms with Crippen LogP contribution in [-0.2, 0) is 9.53 Å². The van der Waals surface area contributed by atoms with Crippen LogP contribution in [0.5, 0.6) is 0 Å². The number of hydrogen-bond acceptors (Lipinski definition) is 4. The average Bonchev–Trinajstić information content (AvgIpc) is 2.83. The van der Waals surface area contributed by atoms with E-state index in [1.54, 1.807) is 0 Å². The fourth-order valence-electron chi connectivity index (χ4n) is 1.84. The summed E-state index contributed by atoms with van der Waals surface area (Å²) in [5, 5.41) is 3.64. The largest absolute Gasteiger partial charge is 0.465 e. The first kappa shape index (κ1) is 14.8. The van der Waals surface area contributed by atoms with Crippen molar-refractivity contribution in [2.24, 2.45) is 0 Å². The molecule has 0 radical (unpaired) electrons. The highest BCUT2D eigenvalue weighted by atomic mass is 35.5. The maximum Gasteiger partial charge on any atom is 0.350 e. The van der Waals surface area contributed by atoms with Gasteiger partial charge in [0.05, 0.1) is 12.8 Å². The molecule has 0 saturated heterocycles. The molecule has 0 atom stereocenters. The summed E-state index contributed by atoms with van der Waals surface area (Å²) in [7, 11) is 1.33. The minimum atomic E-state index is -0.446. The highest BCUT2D eigenvalue weighted by Crippen LogP contribution is 2.36. The predicted molar refractivity (Wildman–Crippen MR) is 81.7 cm³/mol. The number of carbonyl (C=O) groups is 2. The molecule has 1 N–H and O–H groups in total. The maximum atomic E-state index is 11.9. The first-order valence-electron chi connectivity index (χ1n) is 6.13. The van der Waals surface area contributed by atoms with Gasteiger partial charge in [0.1, 0.15) is 4.88 Å². The number of ether oxygens (including phenoxy) is 1. The molecule has 1 amide bonds. The molecule has 0 bridgehead atoms. The van der Waals surface area contributed by atoms with E-state index in [0.29, 0.717) is 29.3 Å². The summed E-state index contributed by atoms with van der Waals surface area (Å²) in [5.74, 6) is -0.167. The molecular weight excluding hydrogens is 298 g/mol. The highest BCUT2D eigenvalue weighted by Gasteiger charge is 2.20. The average molecular weight is 312 g/mol. The topological polar surface area (TPSA) is 55.4 Å². The van der Waals surface area contributed by atoms with Crippen molar-refractivity contribution in [3.63, 3.8) is 0 Å². The molecule has 4 nitrogen and oxygen atoms in total. The second kappa shape index (κ2) is 6.72. The van der Waals surface area contributed by atoms with Crippen molar-refractivity contribution < 1.29 is 14.3 Å². The van der Waals surface area contributed by atoms with Crippen LogP contribution in [0.25, 0.3) is 10.1 Å². The number of carbonyl (C=O) groups excluding carboxylic acids is 2. The van der Waals surface area contributed by atoms with Gasteiger partial charge in [-0.1, -0.05) is 18.2 Å². The molecular formula is C14H14ClNO3S. The van der Waals surface area contributed by atoms with Crippen molar-refractivity contribution in [3.8, 4) is 0 Å². The SMILES string of the molecule is COC(=O)c1sc2ccccc2c1NC(=O)CCCCl. The third-order valence-corrected chi connectivity index (χ3v) is 4.19.